The molecule has 0 saturated heterocycles. The number of hydrogen-bond acceptors (Lipinski definition) is 5. The molecule has 0 spiro atoms. The zero-order valence-electron chi connectivity index (χ0n) is 15.1. The average molecular weight is 367 g/mol. The molecule has 2 aliphatic rings. The molecule has 2 heterocycles. The Morgan fingerprint density at radius 3 is 2.48 bits per heavy atom. The van der Waals surface area contributed by atoms with E-state index in [1.807, 2.05) is 12.1 Å². The molecule has 1 aromatic heterocycles. The SMILES string of the molecule is COc1ccc(C2C(C(=O)c3ccco3)=C(O)C(=O)N2C2CCCC2)cc1. The Hall–Kier alpha value is -3.02. The molecule has 6 heteroatoms. The molecular formula is C21H21NO5. The van der Waals surface area contributed by atoms with E-state index in [4.69, 9.17) is 9.15 Å². The number of rotatable bonds is 5. The minimum atomic E-state index is -0.635. The van der Waals surface area contributed by atoms with E-state index in [0.29, 0.717) is 5.75 Å². The molecule has 1 aliphatic heterocycles. The third-order valence-electron chi connectivity index (χ3n) is 5.38. The fraction of sp³-hybridized carbons (Fsp3) is 0.333. The molecule has 1 amide bonds. The van der Waals surface area contributed by atoms with Gasteiger partial charge in [0.05, 0.1) is 25.0 Å². The molecular weight excluding hydrogens is 346 g/mol. The summed E-state index contributed by atoms with van der Waals surface area (Å²) in [5.41, 5.74) is 0.835. The maximum absolute atomic E-state index is 13.0. The van der Waals surface area contributed by atoms with Gasteiger partial charge in [0.2, 0.25) is 5.78 Å². The molecule has 1 saturated carbocycles. The summed E-state index contributed by atoms with van der Waals surface area (Å²) in [6, 6.07) is 9.75. The molecule has 2 aromatic rings. The number of ether oxygens (including phenoxy) is 1. The van der Waals surface area contributed by atoms with Crippen molar-refractivity contribution in [1.82, 2.24) is 4.90 Å². The first-order valence-electron chi connectivity index (χ1n) is 9.09. The molecule has 140 valence electrons. The maximum Gasteiger partial charge on any atom is 0.290 e. The third kappa shape index (κ3) is 2.91. The van der Waals surface area contributed by atoms with Crippen LogP contribution in [0.4, 0.5) is 0 Å². The normalized spacial score (nSPS) is 20.6. The summed E-state index contributed by atoms with van der Waals surface area (Å²) in [5.74, 6) is -0.646. The predicted octanol–water partition coefficient (Wildman–Crippen LogP) is 3.81. The van der Waals surface area contributed by atoms with Crippen molar-refractivity contribution in [1.29, 1.82) is 0 Å². The maximum atomic E-state index is 13.0. The monoisotopic (exact) mass is 367 g/mol. The van der Waals surface area contributed by atoms with Crippen LogP contribution in [-0.2, 0) is 4.79 Å². The highest BCUT2D eigenvalue weighted by Crippen LogP contribution is 2.43. The molecule has 0 bridgehead atoms. The van der Waals surface area contributed by atoms with Crippen molar-refractivity contribution < 1.29 is 23.8 Å². The Balaban J connectivity index is 1.80. The molecule has 1 fully saturated rings. The highest BCUT2D eigenvalue weighted by atomic mass is 16.5. The average Bonchev–Trinajstić information content (AvgIpc) is 3.44. The van der Waals surface area contributed by atoms with Crippen LogP contribution < -0.4 is 4.74 Å². The van der Waals surface area contributed by atoms with Gasteiger partial charge in [-0.3, -0.25) is 9.59 Å². The van der Waals surface area contributed by atoms with E-state index in [2.05, 4.69) is 0 Å². The van der Waals surface area contributed by atoms with Gasteiger partial charge < -0.3 is 19.2 Å². The quantitative estimate of drug-likeness (QED) is 0.813. The Morgan fingerprint density at radius 1 is 1.19 bits per heavy atom. The number of aliphatic hydroxyl groups excluding tert-OH is 1. The van der Waals surface area contributed by atoms with Gasteiger partial charge in [0.1, 0.15) is 5.75 Å². The van der Waals surface area contributed by atoms with E-state index in [9.17, 15) is 14.7 Å². The van der Waals surface area contributed by atoms with Crippen molar-refractivity contribution in [3.8, 4) is 5.75 Å². The number of methoxy groups -OCH3 is 1. The van der Waals surface area contributed by atoms with Gasteiger partial charge in [-0.25, -0.2) is 0 Å². The molecule has 6 nitrogen and oxygen atoms in total. The smallest absolute Gasteiger partial charge is 0.290 e. The van der Waals surface area contributed by atoms with Gasteiger partial charge in [-0.15, -0.1) is 0 Å². The van der Waals surface area contributed by atoms with Crippen LogP contribution in [0.15, 0.2) is 58.4 Å². The van der Waals surface area contributed by atoms with Crippen LogP contribution in [0, 0.1) is 0 Å². The second-order valence-corrected chi connectivity index (χ2v) is 6.90. The lowest BCUT2D eigenvalue weighted by Gasteiger charge is -2.32. The summed E-state index contributed by atoms with van der Waals surface area (Å²) >= 11 is 0. The fourth-order valence-electron chi connectivity index (χ4n) is 4.07. The Morgan fingerprint density at radius 2 is 1.89 bits per heavy atom. The number of Topliss-reactive ketones (excluding diaryl/α,β-unsaturated/α-hetero) is 1. The van der Waals surface area contributed by atoms with Crippen LogP contribution in [-0.4, -0.2) is 34.8 Å². The zero-order chi connectivity index (χ0) is 19.0. The van der Waals surface area contributed by atoms with Gasteiger partial charge >= 0.3 is 0 Å². The number of hydrogen-bond donors (Lipinski definition) is 1. The van der Waals surface area contributed by atoms with Gasteiger partial charge in [-0.05, 0) is 42.7 Å². The topological polar surface area (TPSA) is 80.0 Å². The van der Waals surface area contributed by atoms with E-state index in [-0.39, 0.29) is 17.4 Å². The highest BCUT2D eigenvalue weighted by Gasteiger charge is 2.47. The molecule has 4 rings (SSSR count). The van der Waals surface area contributed by atoms with Crippen LogP contribution >= 0.6 is 0 Å². The lowest BCUT2D eigenvalue weighted by molar-refractivity contribution is -0.131. The molecule has 1 atom stereocenters. The lowest BCUT2D eigenvalue weighted by Crippen LogP contribution is -2.38. The Bertz CT molecular complexity index is 876. The van der Waals surface area contributed by atoms with E-state index < -0.39 is 23.5 Å². The summed E-state index contributed by atoms with van der Waals surface area (Å²) in [7, 11) is 1.58. The van der Waals surface area contributed by atoms with Crippen LogP contribution in [0.3, 0.4) is 0 Å². The van der Waals surface area contributed by atoms with Gasteiger partial charge in [-0.1, -0.05) is 25.0 Å². The molecule has 1 aromatic carbocycles. The van der Waals surface area contributed by atoms with Crippen LogP contribution in [0.5, 0.6) is 5.75 Å². The number of furan rings is 1. The molecule has 1 unspecified atom stereocenters. The van der Waals surface area contributed by atoms with Gasteiger partial charge in [0.25, 0.3) is 5.91 Å². The Labute approximate surface area is 157 Å². The van der Waals surface area contributed by atoms with Crippen molar-refractivity contribution in [2.45, 2.75) is 37.8 Å². The summed E-state index contributed by atoms with van der Waals surface area (Å²) in [6.45, 7) is 0. The van der Waals surface area contributed by atoms with Gasteiger partial charge in [-0.2, -0.15) is 0 Å². The molecule has 0 radical (unpaired) electrons. The summed E-state index contributed by atoms with van der Waals surface area (Å²) < 4.78 is 10.4. The summed E-state index contributed by atoms with van der Waals surface area (Å²) in [4.78, 5) is 27.6. The number of benzene rings is 1. The number of carbonyl (C=O) groups is 2. The van der Waals surface area contributed by atoms with Crippen molar-refractivity contribution in [2.75, 3.05) is 7.11 Å². The van der Waals surface area contributed by atoms with Crippen LogP contribution in [0.2, 0.25) is 0 Å². The first-order chi connectivity index (χ1) is 13.1. The third-order valence-corrected chi connectivity index (χ3v) is 5.38. The first kappa shape index (κ1) is 17.4. The van der Waals surface area contributed by atoms with E-state index >= 15 is 0 Å². The van der Waals surface area contributed by atoms with E-state index in [1.54, 1.807) is 30.2 Å². The van der Waals surface area contributed by atoms with Gasteiger partial charge in [0, 0.05) is 6.04 Å². The van der Waals surface area contributed by atoms with E-state index in [1.165, 1.54) is 12.3 Å². The van der Waals surface area contributed by atoms with Crippen molar-refractivity contribution in [3.05, 3.63) is 65.3 Å². The summed E-state index contributed by atoms with van der Waals surface area (Å²) in [5, 5.41) is 10.6. The highest BCUT2D eigenvalue weighted by molar-refractivity contribution is 6.15. The fourth-order valence-corrected chi connectivity index (χ4v) is 4.07. The van der Waals surface area contributed by atoms with Crippen LogP contribution in [0.1, 0.15) is 47.8 Å². The second-order valence-electron chi connectivity index (χ2n) is 6.90. The number of aliphatic hydroxyl groups is 1. The first-order valence-corrected chi connectivity index (χ1v) is 9.09. The largest absolute Gasteiger partial charge is 0.503 e. The van der Waals surface area contributed by atoms with Gasteiger partial charge in [0.15, 0.2) is 11.5 Å². The summed E-state index contributed by atoms with van der Waals surface area (Å²) in [6.07, 6.45) is 5.21. The Kier molecular flexibility index (Phi) is 4.48. The minimum Gasteiger partial charge on any atom is -0.503 e. The van der Waals surface area contributed by atoms with E-state index in [0.717, 1.165) is 31.2 Å². The van der Waals surface area contributed by atoms with Crippen molar-refractivity contribution >= 4 is 11.7 Å². The number of carbonyl (C=O) groups excluding carboxylic acids is 2. The molecule has 1 N–H and O–H groups in total. The number of amides is 1. The zero-order valence-corrected chi connectivity index (χ0v) is 15.1. The number of ketones is 1. The van der Waals surface area contributed by atoms with Crippen LogP contribution in [0.25, 0.3) is 0 Å². The second kappa shape index (κ2) is 6.95. The van der Waals surface area contributed by atoms with Crippen molar-refractivity contribution in [3.63, 3.8) is 0 Å². The molecule has 27 heavy (non-hydrogen) atoms. The van der Waals surface area contributed by atoms with Crippen molar-refractivity contribution in [2.24, 2.45) is 0 Å². The predicted molar refractivity (Wildman–Crippen MR) is 97.5 cm³/mol. The lowest BCUT2D eigenvalue weighted by atomic mass is 9.94. The number of nitrogens with zero attached hydrogens (tertiary/aromatic N) is 1. The standard InChI is InChI=1S/C21H21NO5/c1-26-15-10-8-13(9-11-15)18-17(19(23)16-7-4-12-27-16)20(24)21(25)22(18)14-5-2-3-6-14/h4,7-12,14,18,24H,2-3,5-6H2,1H3. The minimum absolute atomic E-state index is 0.00801. The molecule has 1 aliphatic carbocycles.